The number of nitrogens with zero attached hydrogens (tertiary/aromatic N) is 2. The number of carbonyl (C=O) groups is 2. The molecule has 1 atom stereocenters. The lowest BCUT2D eigenvalue weighted by Gasteiger charge is -2.19. The van der Waals surface area contributed by atoms with E-state index in [9.17, 15) is 9.59 Å². The zero-order chi connectivity index (χ0) is 22.0. The predicted molar refractivity (Wildman–Crippen MR) is 124 cm³/mol. The standard InChI is InChI=1S/C24H21ClN2O3S/c1-15(28)21-6-7-22(31-21)17-10-18-11-19(30-24(18)20(25)12-17)14-27(2)23(29)8-5-16-4-3-9-26-13-16/h3-10,12-13,19H,11,14H2,1-2H3/b8-5+. The first-order valence-corrected chi connectivity index (χ1v) is 11.0. The van der Waals surface area contributed by atoms with Crippen LogP contribution in [0, 0.1) is 0 Å². The molecule has 1 aliphatic heterocycles. The number of carbonyl (C=O) groups excluding carboxylic acids is 2. The Morgan fingerprint density at radius 1 is 1.32 bits per heavy atom. The molecule has 0 N–H and O–H groups in total. The molecule has 0 radical (unpaired) electrons. The van der Waals surface area contributed by atoms with Crippen molar-refractivity contribution < 1.29 is 14.3 Å². The minimum absolute atomic E-state index is 0.0529. The van der Waals surface area contributed by atoms with Gasteiger partial charge in [0.05, 0.1) is 16.4 Å². The van der Waals surface area contributed by atoms with Crippen molar-refractivity contribution in [2.75, 3.05) is 13.6 Å². The third-order valence-electron chi connectivity index (χ3n) is 5.05. The first-order chi connectivity index (χ1) is 14.9. The van der Waals surface area contributed by atoms with Crippen LogP contribution in [0.2, 0.25) is 5.02 Å². The molecule has 0 fully saturated rings. The number of Topliss-reactive ketones (excluding diaryl/α,β-unsaturated/α-hetero) is 1. The largest absolute Gasteiger partial charge is 0.486 e. The summed E-state index contributed by atoms with van der Waals surface area (Å²) in [7, 11) is 1.75. The number of halogens is 1. The molecule has 1 unspecified atom stereocenters. The van der Waals surface area contributed by atoms with Crippen LogP contribution >= 0.6 is 22.9 Å². The van der Waals surface area contributed by atoms with E-state index >= 15 is 0 Å². The van der Waals surface area contributed by atoms with Gasteiger partial charge < -0.3 is 9.64 Å². The van der Waals surface area contributed by atoms with Gasteiger partial charge in [-0.2, -0.15) is 0 Å². The van der Waals surface area contributed by atoms with Gasteiger partial charge in [-0.25, -0.2) is 0 Å². The number of likely N-dealkylation sites (N-methyl/N-ethyl adjacent to an activating group) is 1. The van der Waals surface area contributed by atoms with Gasteiger partial charge in [-0.1, -0.05) is 17.7 Å². The number of pyridine rings is 1. The lowest BCUT2D eigenvalue weighted by Crippen LogP contribution is -2.35. The lowest BCUT2D eigenvalue weighted by molar-refractivity contribution is -0.125. The van der Waals surface area contributed by atoms with Gasteiger partial charge in [-0.15, -0.1) is 11.3 Å². The molecule has 3 aromatic rings. The molecular formula is C24H21ClN2O3S. The molecule has 5 nitrogen and oxygen atoms in total. The van der Waals surface area contributed by atoms with Crippen LogP contribution in [-0.2, 0) is 11.2 Å². The normalized spacial score (nSPS) is 15.0. The van der Waals surface area contributed by atoms with E-state index in [1.807, 2.05) is 30.3 Å². The summed E-state index contributed by atoms with van der Waals surface area (Å²) in [5.74, 6) is 0.619. The fraction of sp³-hybridized carbons (Fsp3) is 0.208. The number of thiophene rings is 1. The number of fused-ring (bicyclic) bond motifs is 1. The second-order valence-electron chi connectivity index (χ2n) is 7.45. The van der Waals surface area contributed by atoms with E-state index in [-0.39, 0.29) is 17.8 Å². The summed E-state index contributed by atoms with van der Waals surface area (Å²) in [5.41, 5.74) is 2.85. The average Bonchev–Trinajstić information content (AvgIpc) is 3.40. The van der Waals surface area contributed by atoms with Crippen LogP contribution in [0.25, 0.3) is 16.5 Å². The maximum absolute atomic E-state index is 12.5. The molecule has 0 aliphatic carbocycles. The number of benzene rings is 1. The molecule has 0 saturated carbocycles. The molecule has 4 rings (SSSR count). The summed E-state index contributed by atoms with van der Waals surface area (Å²) < 4.78 is 6.04. The van der Waals surface area contributed by atoms with E-state index in [4.69, 9.17) is 16.3 Å². The first kappa shape index (κ1) is 21.3. The summed E-state index contributed by atoms with van der Waals surface area (Å²) in [6.07, 6.45) is 7.17. The number of ketones is 1. The number of rotatable bonds is 6. The van der Waals surface area contributed by atoms with Crippen molar-refractivity contribution >= 4 is 40.7 Å². The van der Waals surface area contributed by atoms with Crippen molar-refractivity contribution in [3.63, 3.8) is 0 Å². The van der Waals surface area contributed by atoms with Gasteiger partial charge in [-0.3, -0.25) is 14.6 Å². The fourth-order valence-corrected chi connectivity index (χ4v) is 4.65. The maximum atomic E-state index is 12.5. The smallest absolute Gasteiger partial charge is 0.246 e. The van der Waals surface area contributed by atoms with Gasteiger partial charge in [0.2, 0.25) is 5.91 Å². The Balaban J connectivity index is 1.43. The molecule has 3 heterocycles. The van der Waals surface area contributed by atoms with Gasteiger partial charge in [0.25, 0.3) is 0 Å². The minimum atomic E-state index is -0.167. The van der Waals surface area contributed by atoms with Crippen molar-refractivity contribution in [1.82, 2.24) is 9.88 Å². The van der Waals surface area contributed by atoms with Crippen LogP contribution in [-0.4, -0.2) is 41.3 Å². The van der Waals surface area contributed by atoms with Crippen molar-refractivity contribution in [3.8, 4) is 16.2 Å². The van der Waals surface area contributed by atoms with Gasteiger partial charge in [-0.05, 0) is 54.5 Å². The molecule has 158 valence electrons. The predicted octanol–water partition coefficient (Wildman–Crippen LogP) is 5.14. The molecule has 0 bridgehead atoms. The molecule has 1 amide bonds. The topological polar surface area (TPSA) is 59.5 Å². The van der Waals surface area contributed by atoms with Crippen molar-refractivity contribution in [1.29, 1.82) is 0 Å². The molecule has 7 heteroatoms. The number of aromatic nitrogens is 1. The van der Waals surface area contributed by atoms with E-state index < -0.39 is 0 Å². The Morgan fingerprint density at radius 2 is 2.16 bits per heavy atom. The zero-order valence-electron chi connectivity index (χ0n) is 17.2. The van der Waals surface area contributed by atoms with Crippen LogP contribution in [0.4, 0.5) is 0 Å². The number of ether oxygens (including phenoxy) is 1. The quantitative estimate of drug-likeness (QED) is 0.383. The molecule has 1 aromatic carbocycles. The lowest BCUT2D eigenvalue weighted by atomic mass is 10.1. The maximum Gasteiger partial charge on any atom is 0.246 e. The Bertz CT molecular complexity index is 1160. The van der Waals surface area contributed by atoms with Crippen molar-refractivity contribution in [3.05, 3.63) is 75.9 Å². The Hall–Kier alpha value is -2.96. The number of hydrogen-bond donors (Lipinski definition) is 0. The first-order valence-electron chi connectivity index (χ1n) is 9.84. The van der Waals surface area contributed by atoms with Crippen LogP contribution in [0.1, 0.15) is 27.7 Å². The van der Waals surface area contributed by atoms with Gasteiger partial charge >= 0.3 is 0 Å². The van der Waals surface area contributed by atoms with Crippen LogP contribution < -0.4 is 4.74 Å². The summed E-state index contributed by atoms with van der Waals surface area (Å²) in [6, 6.07) is 11.4. The highest BCUT2D eigenvalue weighted by atomic mass is 35.5. The fourth-order valence-electron chi connectivity index (χ4n) is 3.48. The molecule has 2 aromatic heterocycles. The third-order valence-corrected chi connectivity index (χ3v) is 6.56. The van der Waals surface area contributed by atoms with Crippen molar-refractivity contribution in [2.45, 2.75) is 19.4 Å². The van der Waals surface area contributed by atoms with E-state index in [1.165, 1.54) is 17.4 Å². The van der Waals surface area contributed by atoms with Crippen molar-refractivity contribution in [2.24, 2.45) is 0 Å². The third kappa shape index (κ3) is 4.86. The minimum Gasteiger partial charge on any atom is -0.486 e. The zero-order valence-corrected chi connectivity index (χ0v) is 18.7. The highest BCUT2D eigenvalue weighted by molar-refractivity contribution is 7.17. The van der Waals surface area contributed by atoms with Gasteiger partial charge in [0, 0.05) is 42.4 Å². The molecule has 0 saturated heterocycles. The van der Waals surface area contributed by atoms with E-state index in [0.717, 1.165) is 26.4 Å². The molecule has 31 heavy (non-hydrogen) atoms. The SMILES string of the molecule is CC(=O)c1ccc(-c2cc(Cl)c3c(c2)CC(CN(C)C(=O)/C=C/c2cccnc2)O3)s1. The average molecular weight is 453 g/mol. The number of amides is 1. The Morgan fingerprint density at radius 3 is 2.87 bits per heavy atom. The number of hydrogen-bond acceptors (Lipinski definition) is 5. The summed E-state index contributed by atoms with van der Waals surface area (Å²) in [4.78, 5) is 31.4. The second-order valence-corrected chi connectivity index (χ2v) is 8.94. The molecule has 1 aliphatic rings. The van der Waals surface area contributed by atoms with Crippen LogP contribution in [0.5, 0.6) is 5.75 Å². The highest BCUT2D eigenvalue weighted by Gasteiger charge is 2.28. The summed E-state index contributed by atoms with van der Waals surface area (Å²) in [5, 5.41) is 0.540. The van der Waals surface area contributed by atoms with Crippen LogP contribution in [0.3, 0.4) is 0 Å². The Labute approximate surface area is 189 Å². The van der Waals surface area contributed by atoms with Gasteiger partial charge in [0.15, 0.2) is 5.78 Å². The van der Waals surface area contributed by atoms with Gasteiger partial charge in [0.1, 0.15) is 11.9 Å². The van der Waals surface area contributed by atoms with E-state index in [1.54, 1.807) is 37.3 Å². The van der Waals surface area contributed by atoms with E-state index in [2.05, 4.69) is 11.1 Å². The highest BCUT2D eigenvalue weighted by Crippen LogP contribution is 2.41. The molecular weight excluding hydrogens is 432 g/mol. The summed E-state index contributed by atoms with van der Waals surface area (Å²) in [6.45, 7) is 2.01. The van der Waals surface area contributed by atoms with Crippen LogP contribution in [0.15, 0.2) is 54.9 Å². The van der Waals surface area contributed by atoms with E-state index in [0.29, 0.717) is 23.7 Å². The monoisotopic (exact) mass is 452 g/mol. The Kier molecular flexibility index (Phi) is 6.20. The second kappa shape index (κ2) is 9.04. The summed E-state index contributed by atoms with van der Waals surface area (Å²) >= 11 is 7.94. The molecule has 0 spiro atoms.